The van der Waals surface area contributed by atoms with Gasteiger partial charge in [-0.3, -0.25) is 0 Å². The molecule has 3 heteroatoms. The Bertz CT molecular complexity index is 172. The molecular formula is C7H9ClFN. The van der Waals surface area contributed by atoms with Gasteiger partial charge in [-0.25, -0.2) is 4.39 Å². The zero-order valence-electron chi connectivity index (χ0n) is 5.48. The van der Waals surface area contributed by atoms with Gasteiger partial charge >= 0.3 is 0 Å². The summed E-state index contributed by atoms with van der Waals surface area (Å²) in [7, 11) is 0. The average molecular weight is 162 g/mol. The van der Waals surface area contributed by atoms with Crippen LogP contribution in [0.5, 0.6) is 0 Å². The number of hydrogen-bond acceptors (Lipinski definition) is 1. The van der Waals surface area contributed by atoms with Gasteiger partial charge in [0.2, 0.25) is 0 Å². The first-order valence-electron chi connectivity index (χ1n) is 2.71. The monoisotopic (exact) mass is 161 g/mol. The molecule has 0 aliphatic heterocycles. The summed E-state index contributed by atoms with van der Waals surface area (Å²) in [6.07, 6.45) is 4.19. The third kappa shape index (κ3) is 5.38. The van der Waals surface area contributed by atoms with Crippen LogP contribution in [0.2, 0.25) is 0 Å². The van der Waals surface area contributed by atoms with Crippen molar-refractivity contribution in [3.63, 3.8) is 0 Å². The summed E-state index contributed by atoms with van der Waals surface area (Å²) in [6.45, 7) is 2.86. The molecule has 0 unspecified atom stereocenters. The molecule has 0 aromatic heterocycles. The van der Waals surface area contributed by atoms with Gasteiger partial charge in [-0.2, -0.15) is 0 Å². The molecule has 0 aliphatic rings. The van der Waals surface area contributed by atoms with Crippen molar-refractivity contribution in [2.24, 2.45) is 5.73 Å². The second-order valence-electron chi connectivity index (χ2n) is 1.65. The van der Waals surface area contributed by atoms with Crippen molar-refractivity contribution >= 4 is 11.6 Å². The molecule has 0 spiro atoms. The van der Waals surface area contributed by atoms with Gasteiger partial charge in [0.05, 0.1) is 0 Å². The molecule has 0 amide bonds. The van der Waals surface area contributed by atoms with Crippen molar-refractivity contribution < 1.29 is 4.39 Å². The van der Waals surface area contributed by atoms with Crippen LogP contribution in [-0.2, 0) is 0 Å². The maximum Gasteiger partial charge on any atom is 0.108 e. The SMILES string of the molecule is C=C(Cl)/C=C(N)\C=C/CF. The zero-order chi connectivity index (χ0) is 7.98. The Kier molecular flexibility index (Phi) is 4.67. The van der Waals surface area contributed by atoms with Crippen molar-refractivity contribution in [1.29, 1.82) is 0 Å². The predicted octanol–water partition coefficient (Wildman–Crippen LogP) is 2.11. The van der Waals surface area contributed by atoms with Crippen LogP contribution in [0.25, 0.3) is 0 Å². The Morgan fingerprint density at radius 1 is 1.70 bits per heavy atom. The molecule has 2 N–H and O–H groups in total. The molecule has 0 aliphatic carbocycles. The van der Waals surface area contributed by atoms with Crippen LogP contribution < -0.4 is 5.73 Å². The summed E-state index contributed by atoms with van der Waals surface area (Å²) in [6, 6.07) is 0. The Balaban J connectivity index is 3.94. The van der Waals surface area contributed by atoms with Gasteiger partial charge in [-0.1, -0.05) is 24.3 Å². The minimum atomic E-state index is -0.525. The number of hydrogen-bond donors (Lipinski definition) is 1. The third-order valence-corrected chi connectivity index (χ3v) is 0.832. The minimum absolute atomic E-state index is 0.334. The Morgan fingerprint density at radius 3 is 2.70 bits per heavy atom. The molecule has 0 saturated heterocycles. The van der Waals surface area contributed by atoms with Crippen molar-refractivity contribution in [1.82, 2.24) is 0 Å². The molecule has 1 nitrogen and oxygen atoms in total. The van der Waals surface area contributed by atoms with Gasteiger partial charge < -0.3 is 5.73 Å². The molecule has 0 fully saturated rings. The van der Waals surface area contributed by atoms with E-state index in [1.54, 1.807) is 0 Å². The van der Waals surface area contributed by atoms with Crippen LogP contribution in [0, 0.1) is 0 Å². The topological polar surface area (TPSA) is 26.0 Å². The molecule has 0 rings (SSSR count). The van der Waals surface area contributed by atoms with E-state index in [0.29, 0.717) is 10.7 Å². The van der Waals surface area contributed by atoms with Gasteiger partial charge in [0.25, 0.3) is 0 Å². The van der Waals surface area contributed by atoms with Crippen LogP contribution in [-0.4, -0.2) is 6.67 Å². The Morgan fingerprint density at radius 2 is 2.30 bits per heavy atom. The van der Waals surface area contributed by atoms with Crippen LogP contribution in [0.15, 0.2) is 35.5 Å². The highest BCUT2D eigenvalue weighted by Gasteiger charge is 1.82. The largest absolute Gasteiger partial charge is 0.399 e. The summed E-state index contributed by atoms with van der Waals surface area (Å²) in [5.74, 6) is 0. The van der Waals surface area contributed by atoms with Gasteiger partial charge in [-0.05, 0) is 12.2 Å². The molecule has 0 atom stereocenters. The lowest BCUT2D eigenvalue weighted by Crippen LogP contribution is -1.91. The fourth-order valence-corrected chi connectivity index (χ4v) is 0.536. The lowest BCUT2D eigenvalue weighted by atomic mass is 10.3. The normalized spacial score (nSPS) is 12.4. The summed E-state index contributed by atoms with van der Waals surface area (Å²) in [5.41, 5.74) is 5.72. The summed E-state index contributed by atoms with van der Waals surface area (Å²) >= 11 is 5.37. The van der Waals surface area contributed by atoms with Crippen LogP contribution in [0.1, 0.15) is 0 Å². The molecule has 0 radical (unpaired) electrons. The van der Waals surface area contributed by atoms with Gasteiger partial charge in [0.15, 0.2) is 0 Å². The van der Waals surface area contributed by atoms with E-state index in [-0.39, 0.29) is 0 Å². The van der Waals surface area contributed by atoms with Gasteiger partial charge in [0.1, 0.15) is 6.67 Å². The maximum absolute atomic E-state index is 11.5. The fourth-order valence-electron chi connectivity index (χ4n) is 0.410. The van der Waals surface area contributed by atoms with E-state index >= 15 is 0 Å². The van der Waals surface area contributed by atoms with Crippen LogP contribution >= 0.6 is 11.6 Å². The van der Waals surface area contributed by atoms with E-state index in [9.17, 15) is 4.39 Å². The highest BCUT2D eigenvalue weighted by molar-refractivity contribution is 6.30. The first-order chi connectivity index (χ1) is 4.66. The maximum atomic E-state index is 11.5. The molecular weight excluding hydrogens is 153 g/mol. The van der Waals surface area contributed by atoms with E-state index in [2.05, 4.69) is 6.58 Å². The molecule has 0 bridgehead atoms. The van der Waals surface area contributed by atoms with Gasteiger partial charge in [0, 0.05) is 10.7 Å². The van der Waals surface area contributed by atoms with Gasteiger partial charge in [-0.15, -0.1) is 0 Å². The van der Waals surface area contributed by atoms with E-state index in [1.807, 2.05) is 0 Å². The Labute approximate surface area is 64.7 Å². The fraction of sp³-hybridized carbons (Fsp3) is 0.143. The first-order valence-corrected chi connectivity index (χ1v) is 3.08. The smallest absolute Gasteiger partial charge is 0.108 e. The standard InChI is InChI=1S/C7H9ClFN/c1-6(8)5-7(10)3-2-4-9/h2-3,5H,1,4,10H2/b3-2-,7-5+. The molecule has 10 heavy (non-hydrogen) atoms. The van der Waals surface area contributed by atoms with E-state index in [4.69, 9.17) is 17.3 Å². The summed E-state index contributed by atoms with van der Waals surface area (Å²) < 4.78 is 11.5. The van der Waals surface area contributed by atoms with E-state index < -0.39 is 6.67 Å². The Hall–Kier alpha value is -0.760. The van der Waals surface area contributed by atoms with Crippen molar-refractivity contribution in [2.45, 2.75) is 0 Å². The number of alkyl halides is 1. The minimum Gasteiger partial charge on any atom is -0.399 e. The highest BCUT2D eigenvalue weighted by Crippen LogP contribution is 2.00. The molecule has 0 heterocycles. The number of allylic oxidation sites excluding steroid dienone is 4. The second kappa shape index (κ2) is 5.06. The average Bonchev–Trinajstić information content (AvgIpc) is 1.82. The predicted molar refractivity (Wildman–Crippen MR) is 42.4 cm³/mol. The lowest BCUT2D eigenvalue weighted by molar-refractivity contribution is 0.561. The lowest BCUT2D eigenvalue weighted by Gasteiger charge is -1.88. The molecule has 0 saturated carbocycles. The summed E-state index contributed by atoms with van der Waals surface area (Å²) in [4.78, 5) is 0. The highest BCUT2D eigenvalue weighted by atomic mass is 35.5. The third-order valence-electron chi connectivity index (χ3n) is 0.723. The number of nitrogens with two attached hydrogens (primary N) is 1. The summed E-state index contributed by atoms with van der Waals surface area (Å²) in [5, 5.41) is 0.334. The quantitative estimate of drug-likeness (QED) is 0.631. The first kappa shape index (κ1) is 9.24. The van der Waals surface area contributed by atoms with Crippen molar-refractivity contribution in [3.05, 3.63) is 35.5 Å². The molecule has 56 valence electrons. The number of halogens is 2. The van der Waals surface area contributed by atoms with E-state index in [0.717, 1.165) is 0 Å². The van der Waals surface area contributed by atoms with E-state index in [1.165, 1.54) is 18.2 Å². The van der Waals surface area contributed by atoms with Crippen molar-refractivity contribution in [3.8, 4) is 0 Å². The zero-order valence-corrected chi connectivity index (χ0v) is 6.24. The molecule has 0 aromatic rings. The number of rotatable bonds is 3. The second-order valence-corrected chi connectivity index (χ2v) is 2.13. The van der Waals surface area contributed by atoms with Crippen LogP contribution in [0.3, 0.4) is 0 Å². The molecule has 0 aromatic carbocycles. The van der Waals surface area contributed by atoms with Crippen LogP contribution in [0.4, 0.5) is 4.39 Å². The van der Waals surface area contributed by atoms with Crippen molar-refractivity contribution in [2.75, 3.05) is 6.67 Å².